The van der Waals surface area contributed by atoms with E-state index in [9.17, 15) is 9.59 Å². The smallest absolute Gasteiger partial charge is 0.340 e. The number of rotatable bonds is 7. The molecule has 0 saturated carbocycles. The van der Waals surface area contributed by atoms with Crippen molar-refractivity contribution in [3.63, 3.8) is 0 Å². The first-order chi connectivity index (χ1) is 12.7. The SMILES string of the molecule is CCCOC(=O)c1c2ccc(C(=O)NCCOC)cc2n2ccccc12. The number of pyridine rings is 1. The van der Waals surface area contributed by atoms with Crippen LogP contribution in [0.5, 0.6) is 0 Å². The Kier molecular flexibility index (Phi) is 5.53. The fourth-order valence-electron chi connectivity index (χ4n) is 2.93. The minimum absolute atomic E-state index is 0.176. The zero-order valence-electron chi connectivity index (χ0n) is 15.0. The lowest BCUT2D eigenvalue weighted by Crippen LogP contribution is -2.26. The van der Waals surface area contributed by atoms with Crippen molar-refractivity contribution in [2.45, 2.75) is 13.3 Å². The number of methoxy groups -OCH3 is 1. The van der Waals surface area contributed by atoms with Crippen LogP contribution in [0.4, 0.5) is 0 Å². The molecular formula is C20H22N2O4. The van der Waals surface area contributed by atoms with Gasteiger partial charge in [0.15, 0.2) is 0 Å². The Morgan fingerprint density at radius 1 is 1.12 bits per heavy atom. The van der Waals surface area contributed by atoms with Gasteiger partial charge in [0, 0.05) is 30.8 Å². The molecular weight excluding hydrogens is 332 g/mol. The lowest BCUT2D eigenvalue weighted by atomic mass is 10.1. The summed E-state index contributed by atoms with van der Waals surface area (Å²) in [6.07, 6.45) is 2.64. The summed E-state index contributed by atoms with van der Waals surface area (Å²) in [7, 11) is 1.59. The summed E-state index contributed by atoms with van der Waals surface area (Å²) in [6.45, 7) is 3.23. The van der Waals surface area contributed by atoms with E-state index in [1.54, 1.807) is 25.3 Å². The number of nitrogens with zero attached hydrogens (tertiary/aromatic N) is 1. The average Bonchev–Trinajstić information content (AvgIpc) is 3.00. The summed E-state index contributed by atoms with van der Waals surface area (Å²) in [6, 6.07) is 11.0. The highest BCUT2D eigenvalue weighted by Gasteiger charge is 2.20. The fourth-order valence-corrected chi connectivity index (χ4v) is 2.93. The highest BCUT2D eigenvalue weighted by atomic mass is 16.5. The van der Waals surface area contributed by atoms with E-state index in [2.05, 4.69) is 5.32 Å². The van der Waals surface area contributed by atoms with Crippen molar-refractivity contribution >= 4 is 28.3 Å². The second-order valence-corrected chi connectivity index (χ2v) is 5.95. The van der Waals surface area contributed by atoms with Gasteiger partial charge in [0.1, 0.15) is 0 Å². The third-order valence-electron chi connectivity index (χ3n) is 4.14. The molecule has 2 heterocycles. The van der Waals surface area contributed by atoms with Crippen LogP contribution in [0.3, 0.4) is 0 Å². The number of hydrogen-bond acceptors (Lipinski definition) is 4. The zero-order chi connectivity index (χ0) is 18.5. The van der Waals surface area contributed by atoms with E-state index in [0.717, 1.165) is 22.8 Å². The molecule has 1 N–H and O–H groups in total. The van der Waals surface area contributed by atoms with Gasteiger partial charge in [0.05, 0.1) is 29.8 Å². The van der Waals surface area contributed by atoms with Crippen LogP contribution in [0.2, 0.25) is 0 Å². The highest BCUT2D eigenvalue weighted by Crippen LogP contribution is 2.28. The first-order valence-corrected chi connectivity index (χ1v) is 8.64. The third-order valence-corrected chi connectivity index (χ3v) is 4.14. The number of hydrogen-bond donors (Lipinski definition) is 1. The van der Waals surface area contributed by atoms with E-state index in [4.69, 9.17) is 9.47 Å². The number of carbonyl (C=O) groups is 2. The summed E-state index contributed by atoms with van der Waals surface area (Å²) < 4.78 is 12.2. The maximum atomic E-state index is 12.6. The Morgan fingerprint density at radius 2 is 1.96 bits per heavy atom. The van der Waals surface area contributed by atoms with Crippen LogP contribution >= 0.6 is 0 Å². The molecule has 0 saturated heterocycles. The average molecular weight is 354 g/mol. The molecule has 0 spiro atoms. The molecule has 6 nitrogen and oxygen atoms in total. The number of esters is 1. The quantitative estimate of drug-likeness (QED) is 0.523. The standard InChI is InChI=1S/C20H22N2O4/c1-3-11-26-20(24)18-15-8-7-14(19(23)21-9-12-25-2)13-17(15)22-10-5-4-6-16(18)22/h4-8,10,13H,3,9,11-12H2,1-2H3,(H,21,23). The number of amides is 1. The van der Waals surface area contributed by atoms with Gasteiger partial charge in [-0.05, 0) is 30.7 Å². The molecule has 0 aliphatic rings. The summed E-state index contributed by atoms with van der Waals surface area (Å²) in [5.41, 5.74) is 2.62. The van der Waals surface area contributed by atoms with E-state index >= 15 is 0 Å². The van der Waals surface area contributed by atoms with Crippen molar-refractivity contribution in [3.05, 3.63) is 53.7 Å². The second kappa shape index (κ2) is 8.01. The summed E-state index contributed by atoms with van der Waals surface area (Å²) in [5, 5.41) is 3.57. The molecule has 136 valence electrons. The van der Waals surface area contributed by atoms with Crippen molar-refractivity contribution < 1.29 is 19.1 Å². The number of aromatic nitrogens is 1. The monoisotopic (exact) mass is 354 g/mol. The van der Waals surface area contributed by atoms with Crippen molar-refractivity contribution in [2.75, 3.05) is 26.9 Å². The third kappa shape index (κ3) is 3.41. The largest absolute Gasteiger partial charge is 0.462 e. The Balaban J connectivity index is 2.05. The van der Waals surface area contributed by atoms with Crippen LogP contribution in [0.1, 0.15) is 34.1 Å². The molecule has 3 rings (SSSR count). The number of fused-ring (bicyclic) bond motifs is 3. The molecule has 6 heteroatoms. The molecule has 0 atom stereocenters. The van der Waals surface area contributed by atoms with Crippen molar-refractivity contribution in [1.29, 1.82) is 0 Å². The molecule has 1 amide bonds. The lowest BCUT2D eigenvalue weighted by Gasteiger charge is -2.05. The molecule has 0 bridgehead atoms. The molecule has 0 fully saturated rings. The predicted molar refractivity (Wildman–Crippen MR) is 99.7 cm³/mol. The maximum absolute atomic E-state index is 12.6. The summed E-state index contributed by atoms with van der Waals surface area (Å²) >= 11 is 0. The minimum Gasteiger partial charge on any atom is -0.462 e. The van der Waals surface area contributed by atoms with Crippen molar-refractivity contribution in [3.8, 4) is 0 Å². The van der Waals surface area contributed by atoms with Crippen LogP contribution in [0, 0.1) is 0 Å². The number of nitrogens with one attached hydrogen (secondary N) is 1. The Bertz CT molecular complexity index is 946. The lowest BCUT2D eigenvalue weighted by molar-refractivity contribution is 0.0509. The van der Waals surface area contributed by atoms with Gasteiger partial charge in [-0.15, -0.1) is 0 Å². The van der Waals surface area contributed by atoms with Crippen LogP contribution < -0.4 is 5.32 Å². The normalized spacial score (nSPS) is 11.0. The molecule has 0 aliphatic heterocycles. The fraction of sp³-hybridized carbons (Fsp3) is 0.300. The Hall–Kier alpha value is -2.86. The van der Waals surface area contributed by atoms with Crippen LogP contribution in [-0.2, 0) is 9.47 Å². The Labute approximate surface area is 151 Å². The van der Waals surface area contributed by atoms with E-state index in [1.165, 1.54) is 0 Å². The van der Waals surface area contributed by atoms with Gasteiger partial charge < -0.3 is 19.2 Å². The van der Waals surface area contributed by atoms with Crippen molar-refractivity contribution in [1.82, 2.24) is 9.72 Å². The molecule has 3 aromatic rings. The van der Waals surface area contributed by atoms with Gasteiger partial charge in [-0.3, -0.25) is 4.79 Å². The second-order valence-electron chi connectivity index (χ2n) is 5.95. The number of ether oxygens (including phenoxy) is 2. The van der Waals surface area contributed by atoms with E-state index in [1.807, 2.05) is 35.7 Å². The van der Waals surface area contributed by atoms with E-state index in [-0.39, 0.29) is 11.9 Å². The maximum Gasteiger partial charge on any atom is 0.340 e. The molecule has 0 unspecified atom stereocenters. The van der Waals surface area contributed by atoms with Crippen LogP contribution in [-0.4, -0.2) is 43.1 Å². The van der Waals surface area contributed by atoms with Gasteiger partial charge >= 0.3 is 5.97 Å². The molecule has 0 aliphatic carbocycles. The van der Waals surface area contributed by atoms with Gasteiger partial charge in [-0.2, -0.15) is 0 Å². The van der Waals surface area contributed by atoms with Crippen LogP contribution in [0.25, 0.3) is 16.4 Å². The zero-order valence-corrected chi connectivity index (χ0v) is 15.0. The van der Waals surface area contributed by atoms with Gasteiger partial charge in [-0.25, -0.2) is 4.79 Å². The number of benzene rings is 1. The molecule has 1 aromatic carbocycles. The first kappa shape index (κ1) is 17.9. The predicted octanol–water partition coefficient (Wildman–Crippen LogP) is 3.04. The van der Waals surface area contributed by atoms with E-state index < -0.39 is 0 Å². The van der Waals surface area contributed by atoms with Gasteiger partial charge in [0.2, 0.25) is 0 Å². The highest BCUT2D eigenvalue weighted by molar-refractivity contribution is 6.12. The first-order valence-electron chi connectivity index (χ1n) is 8.64. The van der Waals surface area contributed by atoms with E-state index in [0.29, 0.717) is 30.9 Å². The molecule has 0 radical (unpaired) electrons. The number of carbonyl (C=O) groups excluding carboxylic acids is 2. The van der Waals surface area contributed by atoms with Crippen molar-refractivity contribution in [2.24, 2.45) is 0 Å². The summed E-state index contributed by atoms with van der Waals surface area (Å²) in [4.78, 5) is 24.9. The van der Waals surface area contributed by atoms with Gasteiger partial charge in [0.25, 0.3) is 5.91 Å². The molecule has 2 aromatic heterocycles. The van der Waals surface area contributed by atoms with Crippen LogP contribution in [0.15, 0.2) is 42.6 Å². The Morgan fingerprint density at radius 3 is 2.73 bits per heavy atom. The van der Waals surface area contributed by atoms with Gasteiger partial charge in [-0.1, -0.05) is 19.1 Å². The molecule has 26 heavy (non-hydrogen) atoms. The topological polar surface area (TPSA) is 69.0 Å². The minimum atomic E-state index is -0.345. The summed E-state index contributed by atoms with van der Waals surface area (Å²) in [5.74, 6) is -0.521.